The van der Waals surface area contributed by atoms with E-state index in [2.05, 4.69) is 41.7 Å². The topological polar surface area (TPSA) is 41.5 Å². The molecule has 0 saturated carbocycles. The first kappa shape index (κ1) is 17.0. The number of rotatable bonds is 3. The molecule has 0 saturated heterocycles. The van der Waals surface area contributed by atoms with Crippen molar-refractivity contribution in [1.82, 2.24) is 5.43 Å². The van der Waals surface area contributed by atoms with Crippen molar-refractivity contribution in [1.29, 1.82) is 0 Å². The number of thiophene rings is 1. The van der Waals surface area contributed by atoms with E-state index in [1.807, 2.05) is 31.2 Å². The van der Waals surface area contributed by atoms with Gasteiger partial charge in [-0.15, -0.1) is 11.3 Å². The average Bonchev–Trinajstić information content (AvgIpc) is 3.08. The number of benzene rings is 2. The molecule has 2 aromatic carbocycles. The summed E-state index contributed by atoms with van der Waals surface area (Å²) in [6.07, 6.45) is 3.39. The number of hydrogen-bond donors (Lipinski definition) is 1. The lowest BCUT2D eigenvalue weighted by Crippen LogP contribution is -2.18. The van der Waals surface area contributed by atoms with Crippen LogP contribution in [0.4, 0.5) is 0 Å². The third-order valence-electron chi connectivity index (χ3n) is 5.05. The van der Waals surface area contributed by atoms with E-state index in [9.17, 15) is 4.79 Å². The van der Waals surface area contributed by atoms with E-state index >= 15 is 0 Å². The van der Waals surface area contributed by atoms with Crippen LogP contribution in [0.2, 0.25) is 0 Å². The summed E-state index contributed by atoms with van der Waals surface area (Å²) in [7, 11) is 0. The third kappa shape index (κ3) is 3.42. The zero-order valence-electron chi connectivity index (χ0n) is 15.1. The lowest BCUT2D eigenvalue weighted by atomic mass is 9.90. The van der Waals surface area contributed by atoms with Crippen LogP contribution in [0, 0.1) is 5.92 Å². The van der Waals surface area contributed by atoms with E-state index in [1.165, 1.54) is 27.6 Å². The maximum Gasteiger partial charge on any atom is 0.281 e. The highest BCUT2D eigenvalue weighted by atomic mass is 32.1. The minimum Gasteiger partial charge on any atom is -0.266 e. The van der Waals surface area contributed by atoms with Gasteiger partial charge in [-0.1, -0.05) is 43.3 Å². The van der Waals surface area contributed by atoms with Gasteiger partial charge in [0.2, 0.25) is 0 Å². The number of carbonyl (C=O) groups is 1. The summed E-state index contributed by atoms with van der Waals surface area (Å²) >= 11 is 1.61. The SMILES string of the molecule is C/C(=N/NC(=O)c1cc2c(s1)CC[C@H](C)C2)c1ccc2ccccc2c1. The summed E-state index contributed by atoms with van der Waals surface area (Å²) in [6.45, 7) is 4.20. The maximum atomic E-state index is 12.5. The lowest BCUT2D eigenvalue weighted by molar-refractivity contribution is 0.0959. The van der Waals surface area contributed by atoms with Gasteiger partial charge < -0.3 is 0 Å². The molecule has 1 N–H and O–H groups in total. The largest absolute Gasteiger partial charge is 0.281 e. The molecule has 1 aliphatic rings. The number of nitrogens with one attached hydrogen (secondary N) is 1. The van der Waals surface area contributed by atoms with Gasteiger partial charge in [0.25, 0.3) is 5.91 Å². The van der Waals surface area contributed by atoms with Gasteiger partial charge in [0.1, 0.15) is 0 Å². The Labute approximate surface area is 157 Å². The van der Waals surface area contributed by atoms with Gasteiger partial charge in [-0.2, -0.15) is 5.10 Å². The van der Waals surface area contributed by atoms with Gasteiger partial charge in [-0.3, -0.25) is 4.79 Å². The molecule has 0 unspecified atom stereocenters. The van der Waals surface area contributed by atoms with Crippen molar-refractivity contribution in [3.8, 4) is 0 Å². The maximum absolute atomic E-state index is 12.5. The van der Waals surface area contributed by atoms with Gasteiger partial charge in [-0.25, -0.2) is 5.43 Å². The molecular weight excluding hydrogens is 340 g/mol. The van der Waals surface area contributed by atoms with E-state index in [0.717, 1.165) is 29.0 Å². The van der Waals surface area contributed by atoms with E-state index in [0.29, 0.717) is 5.92 Å². The number of carbonyl (C=O) groups excluding carboxylic acids is 1. The van der Waals surface area contributed by atoms with Gasteiger partial charge in [0, 0.05) is 4.88 Å². The molecule has 0 aliphatic heterocycles. The summed E-state index contributed by atoms with van der Waals surface area (Å²) in [5.41, 5.74) is 5.89. The number of hydrazone groups is 1. The highest BCUT2D eigenvalue weighted by molar-refractivity contribution is 7.14. The van der Waals surface area contributed by atoms with Gasteiger partial charge >= 0.3 is 0 Å². The Morgan fingerprint density at radius 3 is 2.81 bits per heavy atom. The second-order valence-electron chi connectivity index (χ2n) is 7.11. The highest BCUT2D eigenvalue weighted by Crippen LogP contribution is 2.32. The second-order valence-corrected chi connectivity index (χ2v) is 8.24. The first-order chi connectivity index (χ1) is 12.6. The van der Waals surface area contributed by atoms with Crippen LogP contribution in [0.15, 0.2) is 53.6 Å². The van der Waals surface area contributed by atoms with Crippen molar-refractivity contribution < 1.29 is 4.79 Å². The predicted octanol–water partition coefficient (Wildman–Crippen LogP) is 5.18. The molecule has 0 fully saturated rings. The molecule has 1 heterocycles. The average molecular weight is 362 g/mol. The van der Waals surface area contributed by atoms with Crippen LogP contribution >= 0.6 is 11.3 Å². The van der Waals surface area contributed by atoms with Crippen LogP contribution in [0.5, 0.6) is 0 Å². The molecule has 4 rings (SSSR count). The zero-order valence-corrected chi connectivity index (χ0v) is 15.9. The first-order valence-electron chi connectivity index (χ1n) is 9.05. The minimum atomic E-state index is -0.114. The molecule has 0 bridgehead atoms. The fraction of sp³-hybridized carbons (Fsp3) is 0.273. The fourth-order valence-corrected chi connectivity index (χ4v) is 4.58. The zero-order chi connectivity index (χ0) is 18.1. The molecule has 3 nitrogen and oxygen atoms in total. The second kappa shape index (κ2) is 7.04. The molecule has 4 heteroatoms. The molecule has 1 atom stereocenters. The fourth-order valence-electron chi connectivity index (χ4n) is 3.49. The van der Waals surface area contributed by atoms with Gasteiger partial charge in [-0.05, 0) is 66.1 Å². The third-order valence-corrected chi connectivity index (χ3v) is 6.28. The number of hydrogen-bond acceptors (Lipinski definition) is 3. The van der Waals surface area contributed by atoms with Crippen molar-refractivity contribution in [2.75, 3.05) is 0 Å². The number of fused-ring (bicyclic) bond motifs is 2. The smallest absolute Gasteiger partial charge is 0.266 e. The van der Waals surface area contributed by atoms with Crippen molar-refractivity contribution in [3.63, 3.8) is 0 Å². The lowest BCUT2D eigenvalue weighted by Gasteiger charge is -2.16. The summed E-state index contributed by atoms with van der Waals surface area (Å²) in [6, 6.07) is 16.5. The molecule has 1 aliphatic carbocycles. The summed E-state index contributed by atoms with van der Waals surface area (Å²) < 4.78 is 0. The number of amides is 1. The van der Waals surface area contributed by atoms with Crippen molar-refractivity contribution in [2.45, 2.75) is 33.1 Å². The van der Waals surface area contributed by atoms with Crippen LogP contribution in [-0.4, -0.2) is 11.6 Å². The summed E-state index contributed by atoms with van der Waals surface area (Å²) in [5.74, 6) is 0.596. The summed E-state index contributed by atoms with van der Waals surface area (Å²) in [5, 5.41) is 6.70. The quantitative estimate of drug-likeness (QED) is 0.506. The number of aryl methyl sites for hydroxylation is 1. The summed E-state index contributed by atoms with van der Waals surface area (Å²) in [4.78, 5) is 14.6. The molecule has 1 aromatic heterocycles. The van der Waals surface area contributed by atoms with Crippen LogP contribution in [-0.2, 0) is 12.8 Å². The normalized spacial score (nSPS) is 17.2. The predicted molar refractivity (Wildman–Crippen MR) is 109 cm³/mol. The van der Waals surface area contributed by atoms with E-state index in [-0.39, 0.29) is 5.91 Å². The van der Waals surface area contributed by atoms with E-state index in [1.54, 1.807) is 11.3 Å². The monoisotopic (exact) mass is 362 g/mol. The Hall–Kier alpha value is -2.46. The van der Waals surface area contributed by atoms with Gasteiger partial charge in [0.05, 0.1) is 10.6 Å². The number of nitrogens with zero attached hydrogens (tertiary/aromatic N) is 1. The Morgan fingerprint density at radius 2 is 1.96 bits per heavy atom. The standard InChI is InChI=1S/C22H22N2OS/c1-14-7-10-20-19(11-14)13-21(26-20)22(25)24-23-15(2)17-9-8-16-5-3-4-6-18(16)12-17/h3-6,8-9,12-14H,7,10-11H2,1-2H3,(H,24,25)/b23-15-/t14-/m0/s1. The van der Waals surface area contributed by atoms with Crippen LogP contribution in [0.25, 0.3) is 10.8 Å². The molecule has 132 valence electrons. The molecular formula is C22H22N2OS. The van der Waals surface area contributed by atoms with Crippen molar-refractivity contribution >= 4 is 33.7 Å². The minimum absolute atomic E-state index is 0.114. The van der Waals surface area contributed by atoms with Crippen LogP contribution in [0.1, 0.15) is 45.9 Å². The van der Waals surface area contributed by atoms with E-state index in [4.69, 9.17) is 0 Å². The van der Waals surface area contributed by atoms with Crippen LogP contribution < -0.4 is 5.43 Å². The van der Waals surface area contributed by atoms with Gasteiger partial charge in [0.15, 0.2) is 0 Å². The molecule has 0 spiro atoms. The Balaban J connectivity index is 1.50. The Morgan fingerprint density at radius 1 is 1.15 bits per heavy atom. The van der Waals surface area contributed by atoms with E-state index < -0.39 is 0 Å². The molecule has 1 amide bonds. The van der Waals surface area contributed by atoms with Crippen molar-refractivity contribution in [3.05, 3.63) is 69.4 Å². The first-order valence-corrected chi connectivity index (χ1v) is 9.87. The van der Waals surface area contributed by atoms with Crippen molar-refractivity contribution in [2.24, 2.45) is 11.0 Å². The Kier molecular flexibility index (Phi) is 4.60. The highest BCUT2D eigenvalue weighted by Gasteiger charge is 2.20. The molecule has 0 radical (unpaired) electrons. The molecule has 26 heavy (non-hydrogen) atoms. The molecule has 3 aromatic rings. The Bertz CT molecular complexity index is 1000. The van der Waals surface area contributed by atoms with Crippen LogP contribution in [0.3, 0.4) is 0 Å².